The predicted octanol–water partition coefficient (Wildman–Crippen LogP) is 2.25. The minimum Gasteiger partial charge on any atom is -0.383 e. The fourth-order valence-corrected chi connectivity index (χ4v) is 4.42. The molecule has 3 fully saturated rings. The second kappa shape index (κ2) is 7.57. The summed E-state index contributed by atoms with van der Waals surface area (Å²) < 4.78 is 5.23. The third-order valence-corrected chi connectivity index (χ3v) is 5.86. The average molecular weight is 322 g/mol. The molecule has 4 rings (SSSR count). The number of rotatable bonds is 6. The summed E-state index contributed by atoms with van der Waals surface area (Å²) in [5.41, 5.74) is 0. The number of fused-ring (bicyclic) bond motifs is 4. The molecule has 3 aliphatic heterocycles. The zero-order valence-electron chi connectivity index (χ0n) is 13.4. The Morgan fingerprint density at radius 2 is 2.27 bits per heavy atom. The Morgan fingerprint density at radius 3 is 3.05 bits per heavy atom. The van der Waals surface area contributed by atoms with Gasteiger partial charge in [-0.3, -0.25) is 9.69 Å². The highest BCUT2D eigenvalue weighted by Crippen LogP contribution is 2.28. The molecule has 0 radical (unpaired) electrons. The number of nitrogens with zero attached hydrogens (tertiary/aromatic N) is 2. The first kappa shape index (κ1) is 16.0. The Labute approximate surface area is 137 Å². The number of amides is 1. The Hall–Kier alpha value is -0.910. The van der Waals surface area contributed by atoms with E-state index in [9.17, 15) is 4.79 Å². The van der Waals surface area contributed by atoms with Crippen molar-refractivity contribution in [3.63, 3.8) is 0 Å². The minimum atomic E-state index is 0.332. The Morgan fingerprint density at radius 1 is 1.36 bits per heavy atom. The van der Waals surface area contributed by atoms with Gasteiger partial charge in [-0.15, -0.1) is 11.3 Å². The maximum Gasteiger partial charge on any atom is 0.222 e. The maximum absolute atomic E-state index is 12.6. The molecule has 0 N–H and O–H groups in total. The predicted molar refractivity (Wildman–Crippen MR) is 89.2 cm³/mol. The van der Waals surface area contributed by atoms with Crippen molar-refractivity contribution in [2.24, 2.45) is 5.92 Å². The fourth-order valence-electron chi connectivity index (χ4n) is 3.71. The summed E-state index contributed by atoms with van der Waals surface area (Å²) in [7, 11) is 1.76. The first-order valence-electron chi connectivity index (χ1n) is 8.29. The second-order valence-electron chi connectivity index (χ2n) is 6.46. The molecular weight excluding hydrogens is 296 g/mol. The molecule has 1 aromatic heterocycles. The van der Waals surface area contributed by atoms with Crippen LogP contribution in [0.25, 0.3) is 0 Å². The molecule has 3 aliphatic rings. The minimum absolute atomic E-state index is 0.332. The van der Waals surface area contributed by atoms with Crippen LogP contribution in [0, 0.1) is 5.92 Å². The Bertz CT molecular complexity index is 477. The van der Waals surface area contributed by atoms with Crippen LogP contribution < -0.4 is 0 Å². The molecule has 122 valence electrons. The van der Waals surface area contributed by atoms with Gasteiger partial charge in [0, 0.05) is 50.6 Å². The number of piperidine rings is 1. The average Bonchev–Trinajstić information content (AvgIpc) is 2.89. The van der Waals surface area contributed by atoms with Crippen molar-refractivity contribution in [2.75, 3.05) is 39.9 Å². The highest BCUT2D eigenvalue weighted by atomic mass is 32.1. The van der Waals surface area contributed by atoms with Crippen molar-refractivity contribution in [1.29, 1.82) is 0 Å². The number of carbonyl (C=O) groups is 1. The number of carbonyl (C=O) groups excluding carboxylic acids is 1. The SMILES string of the molecule is COCCN1C[C@H]2CC[C@@H]1CN(C(=O)CCc1cccs1)C2. The first-order chi connectivity index (χ1) is 10.8. The van der Waals surface area contributed by atoms with Gasteiger partial charge in [0.1, 0.15) is 0 Å². The largest absolute Gasteiger partial charge is 0.383 e. The van der Waals surface area contributed by atoms with Gasteiger partial charge < -0.3 is 9.64 Å². The lowest BCUT2D eigenvalue weighted by atomic mass is 9.95. The van der Waals surface area contributed by atoms with Crippen LogP contribution in [0.15, 0.2) is 17.5 Å². The molecule has 22 heavy (non-hydrogen) atoms. The van der Waals surface area contributed by atoms with Crippen molar-refractivity contribution in [3.05, 3.63) is 22.4 Å². The number of ether oxygens (including phenoxy) is 1. The fraction of sp³-hybridized carbons (Fsp3) is 0.706. The van der Waals surface area contributed by atoms with Gasteiger partial charge in [0.2, 0.25) is 5.91 Å². The summed E-state index contributed by atoms with van der Waals surface area (Å²) in [5.74, 6) is 0.972. The van der Waals surface area contributed by atoms with Crippen LogP contribution in [-0.2, 0) is 16.0 Å². The van der Waals surface area contributed by atoms with E-state index >= 15 is 0 Å². The molecule has 1 aromatic rings. The van der Waals surface area contributed by atoms with Crippen LogP contribution in [0.1, 0.15) is 24.1 Å². The molecule has 5 heteroatoms. The molecule has 4 nitrogen and oxygen atoms in total. The van der Waals surface area contributed by atoms with E-state index in [2.05, 4.69) is 27.3 Å². The maximum atomic E-state index is 12.6. The van der Waals surface area contributed by atoms with E-state index in [-0.39, 0.29) is 0 Å². The van der Waals surface area contributed by atoms with E-state index in [0.29, 0.717) is 24.3 Å². The van der Waals surface area contributed by atoms with Gasteiger partial charge in [0.25, 0.3) is 0 Å². The summed E-state index contributed by atoms with van der Waals surface area (Å²) in [5, 5.41) is 2.08. The number of thiophene rings is 1. The van der Waals surface area contributed by atoms with Gasteiger partial charge >= 0.3 is 0 Å². The summed E-state index contributed by atoms with van der Waals surface area (Å²) in [6.45, 7) is 4.76. The van der Waals surface area contributed by atoms with Gasteiger partial charge in [0.15, 0.2) is 0 Å². The van der Waals surface area contributed by atoms with E-state index in [1.54, 1.807) is 18.4 Å². The van der Waals surface area contributed by atoms with Crippen molar-refractivity contribution in [1.82, 2.24) is 9.80 Å². The molecule has 0 unspecified atom stereocenters. The molecule has 0 aliphatic carbocycles. The molecular formula is C17H26N2O2S. The standard InChI is InChI=1S/C17H26N2O2S/c1-21-9-8-18-11-14-4-5-15(18)13-19(12-14)17(20)7-6-16-3-2-10-22-16/h2-3,10,14-15H,4-9,11-13H2,1H3/t14-,15-/m1/s1. The number of hydrogen-bond acceptors (Lipinski definition) is 4. The second-order valence-corrected chi connectivity index (χ2v) is 7.50. The van der Waals surface area contributed by atoms with Crippen LogP contribution in [0.4, 0.5) is 0 Å². The number of aryl methyl sites for hydroxylation is 1. The molecule has 3 saturated heterocycles. The lowest BCUT2D eigenvalue weighted by Gasteiger charge is -2.35. The van der Waals surface area contributed by atoms with E-state index in [0.717, 1.165) is 39.2 Å². The molecule has 1 amide bonds. The number of methoxy groups -OCH3 is 1. The van der Waals surface area contributed by atoms with E-state index < -0.39 is 0 Å². The monoisotopic (exact) mass is 322 g/mol. The summed E-state index contributed by atoms with van der Waals surface area (Å²) >= 11 is 1.75. The quantitative estimate of drug-likeness (QED) is 0.805. The van der Waals surface area contributed by atoms with Gasteiger partial charge in [-0.25, -0.2) is 0 Å². The van der Waals surface area contributed by atoms with Crippen LogP contribution >= 0.6 is 11.3 Å². The normalized spacial score (nSPS) is 25.4. The van der Waals surface area contributed by atoms with Crippen molar-refractivity contribution >= 4 is 17.2 Å². The van der Waals surface area contributed by atoms with Crippen LogP contribution in [0.2, 0.25) is 0 Å². The smallest absolute Gasteiger partial charge is 0.222 e. The van der Waals surface area contributed by atoms with E-state index in [1.807, 2.05) is 0 Å². The topological polar surface area (TPSA) is 32.8 Å². The molecule has 0 spiro atoms. The Balaban J connectivity index is 1.55. The van der Waals surface area contributed by atoms with E-state index in [4.69, 9.17) is 4.74 Å². The number of hydrogen-bond donors (Lipinski definition) is 0. The lowest BCUT2D eigenvalue weighted by molar-refractivity contribution is -0.131. The van der Waals surface area contributed by atoms with E-state index in [1.165, 1.54) is 17.7 Å². The van der Waals surface area contributed by atoms with Crippen LogP contribution in [0.3, 0.4) is 0 Å². The summed E-state index contributed by atoms with van der Waals surface area (Å²) in [4.78, 5) is 18.5. The van der Waals surface area contributed by atoms with Crippen LogP contribution in [0.5, 0.6) is 0 Å². The lowest BCUT2D eigenvalue weighted by Crippen LogP contribution is -2.45. The molecule has 0 aromatic carbocycles. The molecule has 0 saturated carbocycles. The first-order valence-corrected chi connectivity index (χ1v) is 9.17. The highest BCUT2D eigenvalue weighted by molar-refractivity contribution is 7.09. The molecule has 4 heterocycles. The van der Waals surface area contributed by atoms with Crippen molar-refractivity contribution in [3.8, 4) is 0 Å². The summed E-state index contributed by atoms with van der Waals surface area (Å²) in [6.07, 6.45) is 4.03. The van der Waals surface area contributed by atoms with Gasteiger partial charge in [-0.1, -0.05) is 6.07 Å². The summed E-state index contributed by atoms with van der Waals surface area (Å²) in [6, 6.07) is 4.71. The van der Waals surface area contributed by atoms with Gasteiger partial charge in [-0.05, 0) is 36.6 Å². The van der Waals surface area contributed by atoms with Gasteiger partial charge in [-0.2, -0.15) is 0 Å². The third-order valence-electron chi connectivity index (χ3n) is 4.93. The zero-order valence-corrected chi connectivity index (χ0v) is 14.2. The zero-order chi connectivity index (χ0) is 15.4. The van der Waals surface area contributed by atoms with Crippen molar-refractivity contribution < 1.29 is 9.53 Å². The molecule has 2 bridgehead atoms. The van der Waals surface area contributed by atoms with Crippen LogP contribution in [-0.4, -0.2) is 61.6 Å². The van der Waals surface area contributed by atoms with Crippen molar-refractivity contribution in [2.45, 2.75) is 31.7 Å². The Kier molecular flexibility index (Phi) is 5.50. The molecule has 2 atom stereocenters. The highest BCUT2D eigenvalue weighted by Gasteiger charge is 2.35. The van der Waals surface area contributed by atoms with Gasteiger partial charge in [0.05, 0.1) is 6.61 Å². The third kappa shape index (κ3) is 3.89.